The molecule has 54 valence electrons. The van der Waals surface area contributed by atoms with Gasteiger partial charge in [-0.25, -0.2) is 0 Å². The fourth-order valence-electron chi connectivity index (χ4n) is 1.17. The van der Waals surface area contributed by atoms with Crippen LogP contribution in [0.5, 0.6) is 0 Å². The van der Waals surface area contributed by atoms with Gasteiger partial charge in [0.25, 0.3) is 0 Å². The SMILES string of the molecule is NCC1CCCCCO1. The lowest BCUT2D eigenvalue weighted by molar-refractivity contribution is 0.0650. The molecule has 1 rings (SSSR count). The van der Waals surface area contributed by atoms with Gasteiger partial charge in [0, 0.05) is 13.2 Å². The topological polar surface area (TPSA) is 35.2 Å². The number of nitrogens with two attached hydrogens (primary N) is 1. The Labute approximate surface area is 56.4 Å². The number of hydrogen-bond donors (Lipinski definition) is 1. The van der Waals surface area contributed by atoms with Gasteiger partial charge in [0.1, 0.15) is 0 Å². The quantitative estimate of drug-likeness (QED) is 0.571. The lowest BCUT2D eigenvalue weighted by Gasteiger charge is -2.10. The van der Waals surface area contributed by atoms with E-state index in [0.29, 0.717) is 12.6 Å². The Hall–Kier alpha value is -0.0800. The van der Waals surface area contributed by atoms with E-state index >= 15 is 0 Å². The molecule has 0 bridgehead atoms. The largest absolute Gasteiger partial charge is 0.377 e. The maximum atomic E-state index is 5.45. The van der Waals surface area contributed by atoms with Crippen LogP contribution in [0, 0.1) is 0 Å². The smallest absolute Gasteiger partial charge is 0.0697 e. The molecule has 0 aliphatic carbocycles. The predicted molar refractivity (Wildman–Crippen MR) is 37.3 cm³/mol. The number of hydrogen-bond acceptors (Lipinski definition) is 2. The molecule has 2 N–H and O–H groups in total. The fourth-order valence-corrected chi connectivity index (χ4v) is 1.17. The molecule has 1 fully saturated rings. The van der Waals surface area contributed by atoms with Crippen LogP contribution < -0.4 is 5.73 Å². The van der Waals surface area contributed by atoms with Crippen LogP contribution >= 0.6 is 0 Å². The summed E-state index contributed by atoms with van der Waals surface area (Å²) in [4.78, 5) is 0. The first kappa shape index (κ1) is 7.03. The molecule has 1 aliphatic heterocycles. The van der Waals surface area contributed by atoms with Crippen molar-refractivity contribution in [1.82, 2.24) is 0 Å². The van der Waals surface area contributed by atoms with E-state index in [-0.39, 0.29) is 0 Å². The molecule has 0 radical (unpaired) electrons. The monoisotopic (exact) mass is 129 g/mol. The van der Waals surface area contributed by atoms with E-state index in [9.17, 15) is 0 Å². The van der Waals surface area contributed by atoms with Crippen LogP contribution in [0.25, 0.3) is 0 Å². The van der Waals surface area contributed by atoms with E-state index in [1.165, 1.54) is 19.3 Å². The summed E-state index contributed by atoms with van der Waals surface area (Å²) in [5, 5.41) is 0. The van der Waals surface area contributed by atoms with Gasteiger partial charge in [0.15, 0.2) is 0 Å². The van der Waals surface area contributed by atoms with E-state index in [1.807, 2.05) is 0 Å². The van der Waals surface area contributed by atoms with Crippen molar-refractivity contribution in [2.75, 3.05) is 13.2 Å². The first-order valence-electron chi connectivity index (χ1n) is 3.75. The van der Waals surface area contributed by atoms with Gasteiger partial charge in [0.2, 0.25) is 0 Å². The first-order valence-corrected chi connectivity index (χ1v) is 3.75. The zero-order chi connectivity index (χ0) is 6.53. The van der Waals surface area contributed by atoms with Crippen molar-refractivity contribution in [1.29, 1.82) is 0 Å². The minimum atomic E-state index is 0.354. The Morgan fingerprint density at radius 3 is 3.00 bits per heavy atom. The first-order chi connectivity index (χ1) is 4.43. The summed E-state index contributed by atoms with van der Waals surface area (Å²) in [7, 11) is 0. The summed E-state index contributed by atoms with van der Waals surface area (Å²) in [5.41, 5.74) is 5.45. The zero-order valence-corrected chi connectivity index (χ0v) is 5.81. The van der Waals surface area contributed by atoms with E-state index in [2.05, 4.69) is 0 Å². The second-order valence-electron chi connectivity index (χ2n) is 2.58. The van der Waals surface area contributed by atoms with Crippen LogP contribution in [0.1, 0.15) is 25.7 Å². The van der Waals surface area contributed by atoms with Crippen molar-refractivity contribution >= 4 is 0 Å². The number of rotatable bonds is 1. The van der Waals surface area contributed by atoms with Crippen molar-refractivity contribution < 1.29 is 4.74 Å². The molecule has 1 atom stereocenters. The van der Waals surface area contributed by atoms with Gasteiger partial charge in [-0.1, -0.05) is 12.8 Å². The predicted octanol–water partition coefficient (Wildman–Crippen LogP) is 0.904. The Kier molecular flexibility index (Phi) is 3.01. The molecular weight excluding hydrogens is 114 g/mol. The molecule has 0 aromatic carbocycles. The van der Waals surface area contributed by atoms with Crippen LogP contribution in [0.4, 0.5) is 0 Å². The van der Waals surface area contributed by atoms with Gasteiger partial charge in [-0.2, -0.15) is 0 Å². The zero-order valence-electron chi connectivity index (χ0n) is 5.81. The molecule has 0 saturated carbocycles. The van der Waals surface area contributed by atoms with E-state index in [0.717, 1.165) is 13.0 Å². The second kappa shape index (κ2) is 3.85. The van der Waals surface area contributed by atoms with Crippen molar-refractivity contribution in [3.8, 4) is 0 Å². The molecule has 2 nitrogen and oxygen atoms in total. The van der Waals surface area contributed by atoms with Crippen LogP contribution in [-0.4, -0.2) is 19.3 Å². The standard InChI is InChI=1S/C7H15NO/c8-6-7-4-2-1-3-5-9-7/h7H,1-6,8H2. The molecule has 2 heteroatoms. The normalized spacial score (nSPS) is 29.7. The molecular formula is C7H15NO. The summed E-state index contributed by atoms with van der Waals surface area (Å²) in [6.45, 7) is 1.61. The minimum Gasteiger partial charge on any atom is -0.377 e. The molecule has 1 aliphatic rings. The average molecular weight is 129 g/mol. The Morgan fingerprint density at radius 2 is 2.22 bits per heavy atom. The molecule has 1 heterocycles. The third-order valence-electron chi connectivity index (χ3n) is 1.79. The average Bonchev–Trinajstić information content (AvgIpc) is 2.13. The van der Waals surface area contributed by atoms with Gasteiger partial charge >= 0.3 is 0 Å². The molecule has 1 saturated heterocycles. The van der Waals surface area contributed by atoms with Crippen molar-refractivity contribution in [3.05, 3.63) is 0 Å². The summed E-state index contributed by atoms with van der Waals surface area (Å²) >= 11 is 0. The van der Waals surface area contributed by atoms with Gasteiger partial charge < -0.3 is 10.5 Å². The third kappa shape index (κ3) is 2.33. The molecule has 0 spiro atoms. The summed E-state index contributed by atoms with van der Waals surface area (Å²) in [5.74, 6) is 0. The highest BCUT2D eigenvalue weighted by Crippen LogP contribution is 2.11. The van der Waals surface area contributed by atoms with Crippen LogP contribution in [0.15, 0.2) is 0 Å². The Balaban J connectivity index is 2.18. The number of ether oxygens (including phenoxy) is 1. The highest BCUT2D eigenvalue weighted by molar-refractivity contribution is 4.61. The van der Waals surface area contributed by atoms with Crippen LogP contribution in [0.2, 0.25) is 0 Å². The molecule has 9 heavy (non-hydrogen) atoms. The van der Waals surface area contributed by atoms with Gasteiger partial charge in [-0.3, -0.25) is 0 Å². The molecule has 0 amide bonds. The molecule has 0 aromatic heterocycles. The lowest BCUT2D eigenvalue weighted by Crippen LogP contribution is -2.22. The van der Waals surface area contributed by atoms with Crippen LogP contribution in [0.3, 0.4) is 0 Å². The van der Waals surface area contributed by atoms with Gasteiger partial charge in [0.05, 0.1) is 6.10 Å². The summed E-state index contributed by atoms with van der Waals surface area (Å²) < 4.78 is 5.43. The Morgan fingerprint density at radius 1 is 1.33 bits per heavy atom. The van der Waals surface area contributed by atoms with Crippen molar-refractivity contribution in [2.45, 2.75) is 31.8 Å². The molecule has 1 unspecified atom stereocenters. The fraction of sp³-hybridized carbons (Fsp3) is 1.00. The lowest BCUT2D eigenvalue weighted by atomic mass is 10.1. The highest BCUT2D eigenvalue weighted by Gasteiger charge is 2.09. The van der Waals surface area contributed by atoms with E-state index < -0.39 is 0 Å². The summed E-state index contributed by atoms with van der Waals surface area (Å²) in [6.07, 6.45) is 5.35. The minimum absolute atomic E-state index is 0.354. The molecule has 0 aromatic rings. The second-order valence-corrected chi connectivity index (χ2v) is 2.58. The van der Waals surface area contributed by atoms with Crippen molar-refractivity contribution in [3.63, 3.8) is 0 Å². The maximum Gasteiger partial charge on any atom is 0.0697 e. The maximum absolute atomic E-state index is 5.45. The van der Waals surface area contributed by atoms with Crippen molar-refractivity contribution in [2.24, 2.45) is 5.73 Å². The summed E-state index contributed by atoms with van der Waals surface area (Å²) in [6, 6.07) is 0. The third-order valence-corrected chi connectivity index (χ3v) is 1.79. The van der Waals surface area contributed by atoms with Gasteiger partial charge in [-0.15, -0.1) is 0 Å². The van der Waals surface area contributed by atoms with E-state index in [1.54, 1.807) is 0 Å². The van der Waals surface area contributed by atoms with Crippen LogP contribution in [-0.2, 0) is 4.74 Å². The highest BCUT2D eigenvalue weighted by atomic mass is 16.5. The van der Waals surface area contributed by atoms with E-state index in [4.69, 9.17) is 10.5 Å². The van der Waals surface area contributed by atoms with Gasteiger partial charge in [-0.05, 0) is 12.8 Å². The Bertz CT molecular complexity index is 67.3.